The fourth-order valence-electron chi connectivity index (χ4n) is 1.55. The molecule has 1 atom stereocenters. The Morgan fingerprint density at radius 2 is 2.18 bits per heavy atom. The minimum absolute atomic E-state index is 0.000961. The van der Waals surface area contributed by atoms with Crippen LogP contribution in [-0.2, 0) is 11.3 Å². The smallest absolute Gasteiger partial charge is 0.223 e. The third-order valence-corrected chi connectivity index (χ3v) is 3.07. The van der Waals surface area contributed by atoms with E-state index < -0.39 is 0 Å². The van der Waals surface area contributed by atoms with Crippen molar-refractivity contribution in [3.05, 3.63) is 34.9 Å². The van der Waals surface area contributed by atoms with Gasteiger partial charge in [-0.2, -0.15) is 0 Å². The topological polar surface area (TPSA) is 55.1 Å². The fraction of sp³-hybridized carbons (Fsp3) is 0.462. The third kappa shape index (κ3) is 4.75. The Bertz CT molecular complexity index is 368. The summed E-state index contributed by atoms with van der Waals surface area (Å²) in [6, 6.07) is 7.51. The summed E-state index contributed by atoms with van der Waals surface area (Å²) in [6.45, 7) is 3.02. The molecule has 1 rings (SSSR count). The second-order valence-electron chi connectivity index (χ2n) is 4.14. The largest absolute Gasteiger partial charge is 0.352 e. The molecule has 0 aliphatic carbocycles. The van der Waals surface area contributed by atoms with Crippen molar-refractivity contribution in [2.45, 2.75) is 26.3 Å². The molecule has 1 aromatic carbocycles. The molecule has 1 unspecified atom stereocenters. The van der Waals surface area contributed by atoms with Crippen molar-refractivity contribution >= 4 is 17.5 Å². The summed E-state index contributed by atoms with van der Waals surface area (Å²) in [5.74, 6) is 0.0550. The minimum atomic E-state index is 0.000961. The zero-order valence-corrected chi connectivity index (χ0v) is 10.8. The molecule has 1 aromatic rings. The molecule has 0 saturated heterocycles. The molecular weight excluding hydrogens is 236 g/mol. The van der Waals surface area contributed by atoms with Crippen molar-refractivity contribution in [3.8, 4) is 0 Å². The molecule has 17 heavy (non-hydrogen) atoms. The summed E-state index contributed by atoms with van der Waals surface area (Å²) in [4.78, 5) is 11.7. The van der Waals surface area contributed by atoms with Crippen molar-refractivity contribution in [2.75, 3.05) is 6.54 Å². The van der Waals surface area contributed by atoms with Crippen LogP contribution in [0, 0.1) is 5.92 Å². The number of nitrogens with two attached hydrogens (primary N) is 1. The SMILES string of the molecule is CC(CCCN)C(=O)NCc1ccccc1Cl. The Kier molecular flexibility index (Phi) is 6.01. The maximum absolute atomic E-state index is 11.7. The molecule has 0 aromatic heterocycles. The monoisotopic (exact) mass is 254 g/mol. The van der Waals surface area contributed by atoms with Crippen LogP contribution < -0.4 is 11.1 Å². The molecule has 1 amide bonds. The fourth-order valence-corrected chi connectivity index (χ4v) is 1.76. The van der Waals surface area contributed by atoms with Gasteiger partial charge < -0.3 is 11.1 Å². The second kappa shape index (κ2) is 7.30. The second-order valence-corrected chi connectivity index (χ2v) is 4.55. The van der Waals surface area contributed by atoms with E-state index in [1.807, 2.05) is 31.2 Å². The predicted molar refractivity (Wildman–Crippen MR) is 70.8 cm³/mol. The van der Waals surface area contributed by atoms with E-state index in [1.54, 1.807) is 0 Å². The summed E-state index contributed by atoms with van der Waals surface area (Å²) in [5.41, 5.74) is 6.35. The number of halogens is 1. The van der Waals surface area contributed by atoms with Gasteiger partial charge in [0, 0.05) is 17.5 Å². The Morgan fingerprint density at radius 1 is 1.47 bits per heavy atom. The number of benzene rings is 1. The van der Waals surface area contributed by atoms with Crippen LogP contribution >= 0.6 is 11.6 Å². The van der Waals surface area contributed by atoms with Crippen LogP contribution in [0.2, 0.25) is 5.02 Å². The van der Waals surface area contributed by atoms with Gasteiger partial charge >= 0.3 is 0 Å². The summed E-state index contributed by atoms with van der Waals surface area (Å²) >= 11 is 6.00. The van der Waals surface area contributed by atoms with Gasteiger partial charge in [-0.1, -0.05) is 36.7 Å². The first kappa shape index (κ1) is 14.0. The van der Waals surface area contributed by atoms with Crippen LogP contribution in [0.3, 0.4) is 0 Å². The van der Waals surface area contributed by atoms with Gasteiger partial charge in [0.1, 0.15) is 0 Å². The number of amides is 1. The Balaban J connectivity index is 2.40. The van der Waals surface area contributed by atoms with Crippen molar-refractivity contribution in [1.82, 2.24) is 5.32 Å². The molecular formula is C13H19ClN2O. The molecule has 94 valence electrons. The minimum Gasteiger partial charge on any atom is -0.352 e. The standard InChI is InChI=1S/C13H19ClN2O/c1-10(5-4-8-15)13(17)16-9-11-6-2-3-7-12(11)14/h2-3,6-7,10H,4-5,8-9,15H2,1H3,(H,16,17). The molecule has 0 aliphatic rings. The van der Waals surface area contributed by atoms with Gasteiger partial charge in [-0.25, -0.2) is 0 Å². The molecule has 0 aliphatic heterocycles. The zero-order valence-electron chi connectivity index (χ0n) is 10.1. The van der Waals surface area contributed by atoms with E-state index >= 15 is 0 Å². The number of carbonyl (C=O) groups excluding carboxylic acids is 1. The van der Waals surface area contributed by atoms with Crippen molar-refractivity contribution in [1.29, 1.82) is 0 Å². The highest BCUT2D eigenvalue weighted by Crippen LogP contribution is 2.14. The first-order valence-electron chi connectivity index (χ1n) is 5.86. The molecule has 3 nitrogen and oxygen atoms in total. The highest BCUT2D eigenvalue weighted by Gasteiger charge is 2.11. The van der Waals surface area contributed by atoms with Crippen molar-refractivity contribution in [3.63, 3.8) is 0 Å². The highest BCUT2D eigenvalue weighted by atomic mass is 35.5. The lowest BCUT2D eigenvalue weighted by Crippen LogP contribution is -2.29. The van der Waals surface area contributed by atoms with Crippen LogP contribution in [0.5, 0.6) is 0 Å². The number of hydrogen-bond acceptors (Lipinski definition) is 2. The lowest BCUT2D eigenvalue weighted by molar-refractivity contribution is -0.124. The van der Waals surface area contributed by atoms with Crippen LogP contribution in [0.15, 0.2) is 24.3 Å². The number of nitrogens with one attached hydrogen (secondary N) is 1. The van der Waals surface area contributed by atoms with Crippen LogP contribution in [0.1, 0.15) is 25.3 Å². The van der Waals surface area contributed by atoms with Gasteiger partial charge in [0.15, 0.2) is 0 Å². The molecule has 0 spiro atoms. The summed E-state index contributed by atoms with van der Waals surface area (Å²) < 4.78 is 0. The van der Waals surface area contributed by atoms with Crippen LogP contribution in [0.4, 0.5) is 0 Å². The first-order chi connectivity index (χ1) is 8.15. The Hall–Kier alpha value is -1.06. The highest BCUT2D eigenvalue weighted by molar-refractivity contribution is 6.31. The predicted octanol–water partition coefficient (Wildman–Crippen LogP) is 2.33. The first-order valence-corrected chi connectivity index (χ1v) is 6.24. The summed E-state index contributed by atoms with van der Waals surface area (Å²) in [5, 5.41) is 3.57. The Morgan fingerprint density at radius 3 is 2.82 bits per heavy atom. The third-order valence-electron chi connectivity index (χ3n) is 2.70. The van der Waals surface area contributed by atoms with Gasteiger partial charge in [-0.05, 0) is 31.0 Å². The quantitative estimate of drug-likeness (QED) is 0.819. The van der Waals surface area contributed by atoms with Crippen molar-refractivity contribution in [2.24, 2.45) is 11.7 Å². The molecule has 0 bridgehead atoms. The molecule has 0 saturated carbocycles. The molecule has 0 radical (unpaired) electrons. The number of rotatable bonds is 6. The van der Waals surface area contributed by atoms with Gasteiger partial charge in [0.05, 0.1) is 0 Å². The summed E-state index contributed by atoms with van der Waals surface area (Å²) in [7, 11) is 0. The van der Waals surface area contributed by atoms with E-state index in [0.717, 1.165) is 18.4 Å². The van der Waals surface area contributed by atoms with E-state index in [0.29, 0.717) is 18.1 Å². The lowest BCUT2D eigenvalue weighted by atomic mass is 10.0. The van der Waals surface area contributed by atoms with E-state index in [1.165, 1.54) is 0 Å². The maximum atomic E-state index is 11.7. The lowest BCUT2D eigenvalue weighted by Gasteiger charge is -2.12. The molecule has 0 heterocycles. The molecule has 4 heteroatoms. The summed E-state index contributed by atoms with van der Waals surface area (Å²) in [6.07, 6.45) is 1.70. The zero-order chi connectivity index (χ0) is 12.7. The van der Waals surface area contributed by atoms with Crippen LogP contribution in [-0.4, -0.2) is 12.5 Å². The Labute approximate surface area is 107 Å². The van der Waals surface area contributed by atoms with E-state index in [-0.39, 0.29) is 11.8 Å². The van der Waals surface area contributed by atoms with Crippen LogP contribution in [0.25, 0.3) is 0 Å². The maximum Gasteiger partial charge on any atom is 0.223 e. The normalized spacial score (nSPS) is 12.2. The average molecular weight is 255 g/mol. The van der Waals surface area contributed by atoms with Gasteiger partial charge in [0.2, 0.25) is 5.91 Å². The molecule has 0 fully saturated rings. The van der Waals surface area contributed by atoms with E-state index in [9.17, 15) is 4.79 Å². The number of carbonyl (C=O) groups is 1. The molecule has 3 N–H and O–H groups in total. The van der Waals surface area contributed by atoms with E-state index in [2.05, 4.69) is 5.32 Å². The van der Waals surface area contributed by atoms with Gasteiger partial charge in [-0.15, -0.1) is 0 Å². The number of hydrogen-bond donors (Lipinski definition) is 2. The average Bonchev–Trinajstić information content (AvgIpc) is 2.34. The van der Waals surface area contributed by atoms with Gasteiger partial charge in [0.25, 0.3) is 0 Å². The van der Waals surface area contributed by atoms with E-state index in [4.69, 9.17) is 17.3 Å². The van der Waals surface area contributed by atoms with Gasteiger partial charge in [-0.3, -0.25) is 4.79 Å². The van der Waals surface area contributed by atoms with Crippen molar-refractivity contribution < 1.29 is 4.79 Å².